The van der Waals surface area contributed by atoms with E-state index < -0.39 is 6.04 Å². The first-order valence-corrected chi connectivity index (χ1v) is 6.57. The third-order valence-corrected chi connectivity index (χ3v) is 3.16. The number of amides is 2. The van der Waals surface area contributed by atoms with Gasteiger partial charge in [-0.1, -0.05) is 6.07 Å². The second kappa shape index (κ2) is 5.40. The fourth-order valence-corrected chi connectivity index (χ4v) is 2.30. The van der Waals surface area contributed by atoms with Crippen LogP contribution in [0, 0.1) is 0 Å². The molecule has 6 heteroatoms. The van der Waals surface area contributed by atoms with Crippen molar-refractivity contribution in [3.05, 3.63) is 23.8 Å². The summed E-state index contributed by atoms with van der Waals surface area (Å²) in [7, 11) is 0. The van der Waals surface area contributed by atoms with Crippen molar-refractivity contribution in [3.63, 3.8) is 0 Å². The second-order valence-electron chi connectivity index (χ2n) is 4.88. The van der Waals surface area contributed by atoms with Gasteiger partial charge in [0.2, 0.25) is 0 Å². The molecule has 1 unspecified atom stereocenters. The minimum absolute atomic E-state index is 0.0263. The molecule has 0 aromatic heterocycles. The molecule has 2 amide bonds. The van der Waals surface area contributed by atoms with Crippen molar-refractivity contribution in [1.82, 2.24) is 4.90 Å². The number of carbonyl (C=O) groups is 1. The number of nitrogens with two attached hydrogens (primary N) is 1. The summed E-state index contributed by atoms with van der Waals surface area (Å²) in [6.45, 7) is 6.09. The number of carbonyl (C=O) groups excluding carboxylic acids is 1. The SMILES string of the molecule is CCOc1cc(C2C(N)=NC(=O)N2C(C)C)ccc1O. The Morgan fingerprint density at radius 2 is 2.20 bits per heavy atom. The Balaban J connectivity index is 2.41. The second-order valence-corrected chi connectivity index (χ2v) is 4.88. The zero-order valence-corrected chi connectivity index (χ0v) is 11.8. The van der Waals surface area contributed by atoms with Crippen molar-refractivity contribution >= 4 is 11.9 Å². The quantitative estimate of drug-likeness (QED) is 0.881. The molecule has 20 heavy (non-hydrogen) atoms. The van der Waals surface area contributed by atoms with Gasteiger partial charge < -0.3 is 20.5 Å². The highest BCUT2D eigenvalue weighted by Gasteiger charge is 2.36. The van der Waals surface area contributed by atoms with Crippen LogP contribution in [0.25, 0.3) is 0 Å². The summed E-state index contributed by atoms with van der Waals surface area (Å²) in [5, 5.41) is 9.73. The molecule has 108 valence electrons. The van der Waals surface area contributed by atoms with E-state index in [0.29, 0.717) is 12.4 Å². The van der Waals surface area contributed by atoms with Crippen molar-refractivity contribution < 1.29 is 14.6 Å². The van der Waals surface area contributed by atoms with Crippen LogP contribution in [-0.4, -0.2) is 34.5 Å². The van der Waals surface area contributed by atoms with E-state index in [2.05, 4.69) is 4.99 Å². The van der Waals surface area contributed by atoms with Crippen LogP contribution in [-0.2, 0) is 0 Å². The average molecular weight is 277 g/mol. The summed E-state index contributed by atoms with van der Waals surface area (Å²) >= 11 is 0. The van der Waals surface area contributed by atoms with Gasteiger partial charge in [-0.2, -0.15) is 4.99 Å². The molecular formula is C14H19N3O3. The van der Waals surface area contributed by atoms with E-state index in [0.717, 1.165) is 5.56 Å². The summed E-state index contributed by atoms with van der Waals surface area (Å²) in [5.74, 6) is 0.698. The number of aromatic hydroxyl groups is 1. The van der Waals surface area contributed by atoms with E-state index in [-0.39, 0.29) is 23.7 Å². The van der Waals surface area contributed by atoms with Crippen LogP contribution in [0.2, 0.25) is 0 Å². The van der Waals surface area contributed by atoms with Gasteiger partial charge in [-0.3, -0.25) is 0 Å². The zero-order valence-electron chi connectivity index (χ0n) is 11.8. The Bertz CT molecular complexity index is 555. The lowest BCUT2D eigenvalue weighted by Crippen LogP contribution is -2.38. The fourth-order valence-electron chi connectivity index (χ4n) is 2.30. The highest BCUT2D eigenvalue weighted by Crippen LogP contribution is 2.34. The lowest BCUT2D eigenvalue weighted by atomic mass is 10.0. The van der Waals surface area contributed by atoms with Gasteiger partial charge in [-0.15, -0.1) is 0 Å². The lowest BCUT2D eigenvalue weighted by molar-refractivity contribution is 0.190. The van der Waals surface area contributed by atoms with Gasteiger partial charge in [-0.05, 0) is 38.5 Å². The van der Waals surface area contributed by atoms with Gasteiger partial charge in [0.1, 0.15) is 11.9 Å². The molecule has 0 fully saturated rings. The number of benzene rings is 1. The summed E-state index contributed by atoms with van der Waals surface area (Å²) < 4.78 is 5.36. The number of hydrogen-bond donors (Lipinski definition) is 2. The first-order chi connectivity index (χ1) is 9.45. The largest absolute Gasteiger partial charge is 0.504 e. The van der Waals surface area contributed by atoms with Gasteiger partial charge in [0.05, 0.1) is 6.61 Å². The summed E-state index contributed by atoms with van der Waals surface area (Å²) in [6.07, 6.45) is 0. The van der Waals surface area contributed by atoms with Crippen LogP contribution >= 0.6 is 0 Å². The van der Waals surface area contributed by atoms with E-state index in [4.69, 9.17) is 10.5 Å². The van der Waals surface area contributed by atoms with Crippen LogP contribution in [0.1, 0.15) is 32.4 Å². The first kappa shape index (κ1) is 14.2. The van der Waals surface area contributed by atoms with Crippen LogP contribution in [0.5, 0.6) is 11.5 Å². The number of rotatable bonds is 4. The van der Waals surface area contributed by atoms with Crippen LogP contribution in [0.15, 0.2) is 23.2 Å². The third kappa shape index (κ3) is 2.41. The molecule has 1 aliphatic heterocycles. The maximum atomic E-state index is 11.9. The maximum Gasteiger partial charge on any atom is 0.346 e. The summed E-state index contributed by atoms with van der Waals surface area (Å²) in [5.41, 5.74) is 6.65. The van der Waals surface area contributed by atoms with Crippen molar-refractivity contribution in [2.45, 2.75) is 32.9 Å². The van der Waals surface area contributed by atoms with E-state index in [1.54, 1.807) is 17.0 Å². The van der Waals surface area contributed by atoms with Gasteiger partial charge >= 0.3 is 6.03 Å². The van der Waals surface area contributed by atoms with Crippen LogP contribution in [0.4, 0.5) is 4.79 Å². The Morgan fingerprint density at radius 3 is 2.80 bits per heavy atom. The molecule has 0 radical (unpaired) electrons. The van der Waals surface area contributed by atoms with Crippen LogP contribution in [0.3, 0.4) is 0 Å². The van der Waals surface area contributed by atoms with Crippen molar-refractivity contribution in [2.24, 2.45) is 10.7 Å². The number of aliphatic imine (C=N–C) groups is 1. The number of phenols is 1. The molecule has 0 aliphatic carbocycles. The van der Waals surface area contributed by atoms with Crippen LogP contribution < -0.4 is 10.5 Å². The lowest BCUT2D eigenvalue weighted by Gasteiger charge is -2.28. The Kier molecular flexibility index (Phi) is 3.83. The van der Waals surface area contributed by atoms with Crippen molar-refractivity contribution in [3.8, 4) is 11.5 Å². The highest BCUT2D eigenvalue weighted by molar-refractivity contribution is 6.03. The molecule has 1 heterocycles. The molecular weight excluding hydrogens is 258 g/mol. The Morgan fingerprint density at radius 1 is 1.50 bits per heavy atom. The van der Waals surface area contributed by atoms with E-state index in [9.17, 15) is 9.90 Å². The van der Waals surface area contributed by atoms with E-state index in [1.165, 1.54) is 6.07 Å². The van der Waals surface area contributed by atoms with Gasteiger partial charge in [-0.25, -0.2) is 4.79 Å². The Hall–Kier alpha value is -2.24. The number of urea groups is 1. The van der Waals surface area contributed by atoms with Crippen molar-refractivity contribution in [2.75, 3.05) is 6.61 Å². The normalized spacial score (nSPS) is 18.6. The number of amidine groups is 1. The molecule has 0 saturated carbocycles. The van der Waals surface area contributed by atoms with Gasteiger partial charge in [0.25, 0.3) is 0 Å². The summed E-state index contributed by atoms with van der Waals surface area (Å²) in [4.78, 5) is 17.3. The predicted octanol–water partition coefficient (Wildman–Crippen LogP) is 2.03. The fraction of sp³-hybridized carbons (Fsp3) is 0.429. The topological polar surface area (TPSA) is 88.2 Å². The molecule has 1 aromatic carbocycles. The number of hydrogen-bond acceptors (Lipinski definition) is 4. The number of ether oxygens (including phenoxy) is 1. The number of phenolic OH excluding ortho intramolecular Hbond substituents is 1. The highest BCUT2D eigenvalue weighted by atomic mass is 16.5. The molecule has 2 rings (SSSR count). The monoisotopic (exact) mass is 277 g/mol. The molecule has 1 aliphatic rings. The molecule has 1 aromatic rings. The van der Waals surface area contributed by atoms with E-state index >= 15 is 0 Å². The predicted molar refractivity (Wildman–Crippen MR) is 76.0 cm³/mol. The Labute approximate surface area is 117 Å². The standard InChI is InChI=1S/C14H19N3O3/c1-4-20-11-7-9(5-6-10(11)18)12-13(15)16-14(19)17(12)8(2)3/h5-8,12,18H,4H2,1-3H3,(H2,15,16,19). The molecule has 1 atom stereocenters. The molecule has 6 nitrogen and oxygen atoms in total. The number of nitrogens with zero attached hydrogens (tertiary/aromatic N) is 2. The molecule has 0 bridgehead atoms. The summed E-state index contributed by atoms with van der Waals surface area (Å²) in [6, 6.07) is 4.17. The average Bonchev–Trinajstić information content (AvgIpc) is 2.67. The molecule has 0 saturated heterocycles. The zero-order chi connectivity index (χ0) is 14.9. The van der Waals surface area contributed by atoms with Gasteiger partial charge in [0.15, 0.2) is 11.5 Å². The molecule has 0 spiro atoms. The maximum absolute atomic E-state index is 11.9. The first-order valence-electron chi connectivity index (χ1n) is 6.57. The minimum Gasteiger partial charge on any atom is -0.504 e. The third-order valence-electron chi connectivity index (χ3n) is 3.16. The smallest absolute Gasteiger partial charge is 0.346 e. The van der Waals surface area contributed by atoms with Crippen molar-refractivity contribution in [1.29, 1.82) is 0 Å². The minimum atomic E-state index is -0.415. The molecule has 3 N–H and O–H groups in total. The van der Waals surface area contributed by atoms with E-state index in [1.807, 2.05) is 20.8 Å². The van der Waals surface area contributed by atoms with Gasteiger partial charge in [0, 0.05) is 6.04 Å².